The van der Waals surface area contributed by atoms with Crippen LogP contribution in [0.3, 0.4) is 0 Å². The van der Waals surface area contributed by atoms with Crippen molar-refractivity contribution >= 4 is 11.6 Å². The zero-order valence-corrected chi connectivity index (χ0v) is 11.7. The highest BCUT2D eigenvalue weighted by Crippen LogP contribution is 2.40. The number of pyridine rings is 1. The molecule has 22 heavy (non-hydrogen) atoms. The van der Waals surface area contributed by atoms with Gasteiger partial charge in [-0.25, -0.2) is 0 Å². The van der Waals surface area contributed by atoms with Gasteiger partial charge in [0, 0.05) is 12.3 Å². The molecule has 0 saturated carbocycles. The van der Waals surface area contributed by atoms with Crippen LogP contribution in [-0.4, -0.2) is 11.4 Å². The van der Waals surface area contributed by atoms with Gasteiger partial charge in [-0.2, -0.15) is 13.2 Å². The summed E-state index contributed by atoms with van der Waals surface area (Å²) in [4.78, 5) is 11.7. The Kier molecular flexibility index (Phi) is 3.52. The fraction of sp³-hybridized carbons (Fsp3) is 0.214. The lowest BCUT2D eigenvalue weighted by molar-refractivity contribution is -0.138. The first-order valence-electron chi connectivity index (χ1n) is 6.20. The molecule has 8 heteroatoms. The van der Waals surface area contributed by atoms with Crippen molar-refractivity contribution in [2.24, 2.45) is 0 Å². The molecule has 2 aromatic rings. The first-order chi connectivity index (χ1) is 10.3. The average Bonchev–Trinajstić information content (AvgIpc) is 2.89. The van der Waals surface area contributed by atoms with Gasteiger partial charge in [0.2, 0.25) is 6.79 Å². The number of benzene rings is 1. The summed E-state index contributed by atoms with van der Waals surface area (Å²) in [5.74, 6) is 0.796. The number of rotatable bonds is 2. The van der Waals surface area contributed by atoms with E-state index in [2.05, 4.69) is 0 Å². The van der Waals surface area contributed by atoms with Gasteiger partial charge in [0.1, 0.15) is 0 Å². The third-order valence-corrected chi connectivity index (χ3v) is 3.43. The highest BCUT2D eigenvalue weighted by molar-refractivity contribution is 6.32. The molecule has 1 aliphatic rings. The van der Waals surface area contributed by atoms with Gasteiger partial charge >= 0.3 is 6.18 Å². The van der Waals surface area contributed by atoms with E-state index in [-0.39, 0.29) is 18.4 Å². The molecule has 0 radical (unpaired) electrons. The topological polar surface area (TPSA) is 40.5 Å². The molecule has 1 aromatic heterocycles. The Morgan fingerprint density at radius 3 is 2.73 bits per heavy atom. The lowest BCUT2D eigenvalue weighted by atomic mass is 10.2. The fourth-order valence-corrected chi connectivity index (χ4v) is 2.42. The number of alkyl halides is 3. The van der Waals surface area contributed by atoms with E-state index in [4.69, 9.17) is 21.1 Å². The van der Waals surface area contributed by atoms with Crippen LogP contribution in [0.4, 0.5) is 13.2 Å². The van der Waals surface area contributed by atoms with E-state index in [1.807, 2.05) is 0 Å². The maximum atomic E-state index is 12.7. The maximum absolute atomic E-state index is 12.7. The minimum atomic E-state index is -4.51. The zero-order chi connectivity index (χ0) is 15.9. The van der Waals surface area contributed by atoms with Crippen LogP contribution in [0, 0.1) is 0 Å². The molecule has 3 rings (SSSR count). The van der Waals surface area contributed by atoms with Crippen LogP contribution in [0.15, 0.2) is 35.3 Å². The zero-order valence-electron chi connectivity index (χ0n) is 11.0. The largest absolute Gasteiger partial charge is 0.454 e. The van der Waals surface area contributed by atoms with E-state index in [1.54, 1.807) is 6.07 Å². The van der Waals surface area contributed by atoms with Crippen molar-refractivity contribution in [3.05, 3.63) is 57.0 Å². The van der Waals surface area contributed by atoms with Gasteiger partial charge in [0.05, 0.1) is 17.1 Å². The number of nitrogens with zero attached hydrogens (tertiary/aromatic N) is 1. The molecule has 0 aliphatic carbocycles. The molecule has 116 valence electrons. The number of hydrogen-bond acceptors (Lipinski definition) is 3. The average molecular weight is 332 g/mol. The summed E-state index contributed by atoms with van der Waals surface area (Å²) in [6.07, 6.45) is -3.73. The summed E-state index contributed by atoms with van der Waals surface area (Å²) < 4.78 is 49.4. The van der Waals surface area contributed by atoms with Crippen molar-refractivity contribution in [2.75, 3.05) is 6.79 Å². The molecule has 0 unspecified atom stereocenters. The Labute approximate surface area is 127 Å². The van der Waals surface area contributed by atoms with Crippen LogP contribution < -0.4 is 15.0 Å². The molecule has 0 N–H and O–H groups in total. The molecule has 2 heterocycles. The number of ether oxygens (including phenoxy) is 2. The Morgan fingerprint density at radius 2 is 2.00 bits per heavy atom. The second kappa shape index (κ2) is 5.24. The van der Waals surface area contributed by atoms with Crippen molar-refractivity contribution in [1.82, 2.24) is 4.57 Å². The summed E-state index contributed by atoms with van der Waals surface area (Å²) in [6, 6.07) is 4.76. The Balaban J connectivity index is 1.97. The minimum absolute atomic E-state index is 0.0298. The molecule has 0 atom stereocenters. The van der Waals surface area contributed by atoms with Crippen molar-refractivity contribution in [3.8, 4) is 11.5 Å². The monoisotopic (exact) mass is 331 g/mol. The van der Waals surface area contributed by atoms with Gasteiger partial charge in [-0.05, 0) is 23.8 Å². The molecule has 1 aromatic carbocycles. The van der Waals surface area contributed by atoms with E-state index in [9.17, 15) is 18.0 Å². The summed E-state index contributed by atoms with van der Waals surface area (Å²) in [7, 11) is 0. The van der Waals surface area contributed by atoms with E-state index < -0.39 is 17.3 Å². The molecule has 0 bridgehead atoms. The van der Waals surface area contributed by atoms with Crippen LogP contribution in [0.5, 0.6) is 11.5 Å². The normalized spacial score (nSPS) is 13.5. The number of hydrogen-bond donors (Lipinski definition) is 0. The van der Waals surface area contributed by atoms with Gasteiger partial charge in [0.15, 0.2) is 11.5 Å². The predicted molar refractivity (Wildman–Crippen MR) is 72.4 cm³/mol. The summed E-state index contributed by atoms with van der Waals surface area (Å²) >= 11 is 6.01. The number of aromatic nitrogens is 1. The van der Waals surface area contributed by atoms with Gasteiger partial charge in [-0.15, -0.1) is 0 Å². The molecule has 4 nitrogen and oxygen atoms in total. The third kappa shape index (κ3) is 2.76. The van der Waals surface area contributed by atoms with Crippen molar-refractivity contribution < 1.29 is 22.6 Å². The standard InChI is InChI=1S/C14H9ClF3NO3/c15-10-3-8(4-11-13(10)22-7-21-11)5-19-6-9(14(16,17)18)1-2-12(19)20/h1-4,6H,5,7H2. The SMILES string of the molecule is O=c1ccc(C(F)(F)F)cn1Cc1cc(Cl)c2c(c1)OCO2. The second-order valence-corrected chi connectivity index (χ2v) is 5.10. The van der Waals surface area contributed by atoms with Gasteiger partial charge in [-0.1, -0.05) is 11.6 Å². The van der Waals surface area contributed by atoms with Crippen molar-refractivity contribution in [3.63, 3.8) is 0 Å². The van der Waals surface area contributed by atoms with Crippen LogP contribution in [0.25, 0.3) is 0 Å². The van der Waals surface area contributed by atoms with Gasteiger partial charge < -0.3 is 14.0 Å². The fourth-order valence-electron chi connectivity index (χ4n) is 2.13. The lowest BCUT2D eigenvalue weighted by Gasteiger charge is -2.11. The first-order valence-corrected chi connectivity index (χ1v) is 6.58. The molecule has 0 amide bonds. The Hall–Kier alpha value is -2.15. The third-order valence-electron chi connectivity index (χ3n) is 3.15. The molecule has 0 saturated heterocycles. The second-order valence-electron chi connectivity index (χ2n) is 4.69. The summed E-state index contributed by atoms with van der Waals surface area (Å²) in [6.45, 7) is -0.0267. The van der Waals surface area contributed by atoms with Gasteiger partial charge in [0.25, 0.3) is 5.56 Å². The quantitative estimate of drug-likeness (QED) is 0.848. The summed E-state index contributed by atoms with van der Waals surface area (Å²) in [5.41, 5.74) is -0.892. The minimum Gasteiger partial charge on any atom is -0.454 e. The van der Waals surface area contributed by atoms with E-state index in [0.717, 1.165) is 22.9 Å². The van der Waals surface area contributed by atoms with E-state index in [1.165, 1.54) is 6.07 Å². The number of fused-ring (bicyclic) bond motifs is 1. The molecular weight excluding hydrogens is 323 g/mol. The predicted octanol–water partition coefficient (Wildman–Crippen LogP) is 3.30. The molecular formula is C14H9ClF3NO3. The highest BCUT2D eigenvalue weighted by Gasteiger charge is 2.31. The van der Waals surface area contributed by atoms with Crippen molar-refractivity contribution in [1.29, 1.82) is 0 Å². The van der Waals surface area contributed by atoms with Crippen molar-refractivity contribution in [2.45, 2.75) is 12.7 Å². The van der Waals surface area contributed by atoms with Crippen LogP contribution in [0.2, 0.25) is 5.02 Å². The van der Waals surface area contributed by atoms with Gasteiger partial charge in [-0.3, -0.25) is 4.79 Å². The highest BCUT2D eigenvalue weighted by atomic mass is 35.5. The molecule has 0 spiro atoms. The lowest BCUT2D eigenvalue weighted by Crippen LogP contribution is -2.21. The van der Waals surface area contributed by atoms with E-state index in [0.29, 0.717) is 17.1 Å². The Bertz CT molecular complexity index is 786. The number of halogens is 4. The molecule has 0 fully saturated rings. The van der Waals surface area contributed by atoms with Crippen LogP contribution in [-0.2, 0) is 12.7 Å². The van der Waals surface area contributed by atoms with Crippen LogP contribution in [0.1, 0.15) is 11.1 Å². The Morgan fingerprint density at radius 1 is 1.23 bits per heavy atom. The maximum Gasteiger partial charge on any atom is 0.417 e. The summed E-state index contributed by atoms with van der Waals surface area (Å²) in [5, 5.41) is 0.282. The first kappa shape index (κ1) is 14.8. The van der Waals surface area contributed by atoms with Crippen LogP contribution >= 0.6 is 11.6 Å². The van der Waals surface area contributed by atoms with E-state index >= 15 is 0 Å². The smallest absolute Gasteiger partial charge is 0.417 e. The molecule has 1 aliphatic heterocycles.